The second kappa shape index (κ2) is 5.12. The predicted molar refractivity (Wildman–Crippen MR) is 78.5 cm³/mol. The van der Waals surface area contributed by atoms with E-state index < -0.39 is 0 Å². The van der Waals surface area contributed by atoms with Gasteiger partial charge >= 0.3 is 0 Å². The molecule has 0 amide bonds. The summed E-state index contributed by atoms with van der Waals surface area (Å²) in [5.74, 6) is 0.238. The van der Waals surface area contributed by atoms with E-state index in [1.54, 1.807) is 6.07 Å². The number of hydrogen-bond acceptors (Lipinski definition) is 2. The summed E-state index contributed by atoms with van der Waals surface area (Å²) in [6.45, 7) is 0. The molecule has 1 fully saturated rings. The lowest BCUT2D eigenvalue weighted by molar-refractivity contribution is 0.458. The fraction of sp³-hybridized carbons (Fsp3) is 0.500. The van der Waals surface area contributed by atoms with Gasteiger partial charge in [-0.15, -0.1) is 0 Å². The maximum atomic E-state index is 13.8. The van der Waals surface area contributed by atoms with Gasteiger partial charge in [0.1, 0.15) is 5.82 Å². The Balaban J connectivity index is 2.11. The van der Waals surface area contributed by atoms with E-state index in [2.05, 4.69) is 20.9 Å². The van der Waals surface area contributed by atoms with Gasteiger partial charge in [-0.25, -0.2) is 9.37 Å². The molecule has 0 atom stereocenters. The van der Waals surface area contributed by atoms with E-state index in [1.807, 2.05) is 4.57 Å². The van der Waals surface area contributed by atoms with Gasteiger partial charge in [-0.1, -0.05) is 25.7 Å². The molecular formula is C14H17BrFN3. The standard InChI is InChI=1S/C14H17BrFN3/c15-10-7-12-13(8-11(10)16)19(14(17)18-12)9-5-3-1-2-4-6-9/h7-9H,1-6H2,(H2,17,18). The smallest absolute Gasteiger partial charge is 0.201 e. The number of imidazole rings is 1. The summed E-state index contributed by atoms with van der Waals surface area (Å²) in [5, 5.41) is 0. The monoisotopic (exact) mass is 325 g/mol. The van der Waals surface area contributed by atoms with Crippen LogP contribution in [0.25, 0.3) is 11.0 Å². The first kappa shape index (κ1) is 12.9. The van der Waals surface area contributed by atoms with Crippen LogP contribution in [0.2, 0.25) is 0 Å². The van der Waals surface area contributed by atoms with Gasteiger partial charge in [0.05, 0.1) is 15.5 Å². The van der Waals surface area contributed by atoms with Crippen molar-refractivity contribution in [2.45, 2.75) is 44.6 Å². The number of rotatable bonds is 1. The van der Waals surface area contributed by atoms with Gasteiger partial charge in [0.2, 0.25) is 5.95 Å². The summed E-state index contributed by atoms with van der Waals surface area (Å²) < 4.78 is 16.2. The largest absolute Gasteiger partial charge is 0.369 e. The number of nitrogens with two attached hydrogens (primary N) is 1. The minimum atomic E-state index is -0.262. The van der Waals surface area contributed by atoms with Gasteiger partial charge in [-0.3, -0.25) is 0 Å². The molecule has 2 aromatic rings. The van der Waals surface area contributed by atoms with Gasteiger partial charge in [-0.05, 0) is 34.8 Å². The molecule has 0 spiro atoms. The first-order valence-electron chi connectivity index (χ1n) is 6.79. The quantitative estimate of drug-likeness (QED) is 0.789. The van der Waals surface area contributed by atoms with Gasteiger partial charge in [0.25, 0.3) is 0 Å². The highest BCUT2D eigenvalue weighted by Crippen LogP contribution is 2.33. The van der Waals surface area contributed by atoms with Crippen LogP contribution in [0.3, 0.4) is 0 Å². The zero-order chi connectivity index (χ0) is 13.4. The summed E-state index contributed by atoms with van der Waals surface area (Å²) >= 11 is 3.19. The number of hydrogen-bond donors (Lipinski definition) is 1. The van der Waals surface area contributed by atoms with E-state index in [0.717, 1.165) is 23.9 Å². The van der Waals surface area contributed by atoms with Crippen LogP contribution in [0.4, 0.5) is 10.3 Å². The molecule has 19 heavy (non-hydrogen) atoms. The highest BCUT2D eigenvalue weighted by atomic mass is 79.9. The van der Waals surface area contributed by atoms with E-state index in [-0.39, 0.29) is 5.82 Å². The van der Waals surface area contributed by atoms with Crippen LogP contribution in [0, 0.1) is 5.82 Å². The van der Waals surface area contributed by atoms with Gasteiger partial charge in [0, 0.05) is 12.1 Å². The maximum absolute atomic E-state index is 13.8. The predicted octanol–water partition coefficient (Wildman–Crippen LogP) is 4.42. The Morgan fingerprint density at radius 1 is 1.21 bits per heavy atom. The molecule has 1 heterocycles. The van der Waals surface area contributed by atoms with Crippen molar-refractivity contribution in [3.8, 4) is 0 Å². The number of benzene rings is 1. The SMILES string of the molecule is Nc1nc2cc(Br)c(F)cc2n1C1CCCCCC1. The van der Waals surface area contributed by atoms with Crippen LogP contribution in [-0.2, 0) is 0 Å². The third-order valence-corrected chi connectivity index (χ3v) is 4.56. The summed E-state index contributed by atoms with van der Waals surface area (Å²) in [5.41, 5.74) is 7.62. The molecule has 0 unspecified atom stereocenters. The van der Waals surface area contributed by atoms with E-state index in [1.165, 1.54) is 31.7 Å². The van der Waals surface area contributed by atoms with Crippen molar-refractivity contribution in [3.63, 3.8) is 0 Å². The van der Waals surface area contributed by atoms with Crippen molar-refractivity contribution >= 4 is 32.9 Å². The zero-order valence-corrected chi connectivity index (χ0v) is 12.3. The minimum absolute atomic E-state index is 0.262. The number of aromatic nitrogens is 2. The van der Waals surface area contributed by atoms with E-state index >= 15 is 0 Å². The van der Waals surface area contributed by atoms with Crippen LogP contribution < -0.4 is 5.73 Å². The van der Waals surface area contributed by atoms with Crippen molar-refractivity contribution in [2.75, 3.05) is 5.73 Å². The first-order valence-corrected chi connectivity index (χ1v) is 7.58. The molecule has 0 bridgehead atoms. The molecule has 0 saturated heterocycles. The Kier molecular flexibility index (Phi) is 3.48. The molecule has 3 nitrogen and oxygen atoms in total. The Bertz CT molecular complexity index is 600. The molecule has 0 aliphatic heterocycles. The fourth-order valence-corrected chi connectivity index (χ4v) is 3.34. The van der Waals surface area contributed by atoms with Gasteiger partial charge < -0.3 is 10.3 Å². The maximum Gasteiger partial charge on any atom is 0.201 e. The van der Waals surface area contributed by atoms with Crippen LogP contribution in [0.15, 0.2) is 16.6 Å². The highest BCUT2D eigenvalue weighted by molar-refractivity contribution is 9.10. The second-order valence-corrected chi connectivity index (χ2v) is 6.09. The number of nitrogens with zero attached hydrogens (tertiary/aromatic N) is 2. The zero-order valence-electron chi connectivity index (χ0n) is 10.7. The Morgan fingerprint density at radius 3 is 2.58 bits per heavy atom. The van der Waals surface area contributed by atoms with Crippen LogP contribution >= 0.6 is 15.9 Å². The van der Waals surface area contributed by atoms with Crippen LogP contribution in [-0.4, -0.2) is 9.55 Å². The lowest BCUT2D eigenvalue weighted by Crippen LogP contribution is -2.11. The number of nitrogen functional groups attached to an aromatic ring is 1. The summed E-state index contributed by atoms with van der Waals surface area (Å²) in [6.07, 6.45) is 7.19. The molecule has 1 aliphatic rings. The topological polar surface area (TPSA) is 43.8 Å². The average molecular weight is 326 g/mol. The summed E-state index contributed by atoms with van der Waals surface area (Å²) in [4.78, 5) is 4.36. The van der Waals surface area contributed by atoms with Crippen LogP contribution in [0.1, 0.15) is 44.6 Å². The molecule has 1 aliphatic carbocycles. The molecule has 0 radical (unpaired) electrons. The average Bonchev–Trinajstić information content (AvgIpc) is 2.57. The van der Waals surface area contributed by atoms with Crippen molar-refractivity contribution in [2.24, 2.45) is 0 Å². The minimum Gasteiger partial charge on any atom is -0.369 e. The van der Waals surface area contributed by atoms with Gasteiger partial charge in [-0.2, -0.15) is 0 Å². The van der Waals surface area contributed by atoms with E-state index in [0.29, 0.717) is 16.5 Å². The Hall–Kier alpha value is -1.10. The lowest BCUT2D eigenvalue weighted by atomic mass is 10.1. The Labute approximate surface area is 120 Å². The van der Waals surface area contributed by atoms with Gasteiger partial charge in [0.15, 0.2) is 0 Å². The van der Waals surface area contributed by atoms with Crippen LogP contribution in [0.5, 0.6) is 0 Å². The molecule has 2 N–H and O–H groups in total. The summed E-state index contributed by atoms with van der Waals surface area (Å²) in [6, 6.07) is 3.59. The molecular weight excluding hydrogens is 309 g/mol. The molecule has 1 aromatic heterocycles. The lowest BCUT2D eigenvalue weighted by Gasteiger charge is -2.18. The number of halogens is 2. The number of anilines is 1. The molecule has 1 saturated carbocycles. The van der Waals surface area contributed by atoms with Crippen molar-refractivity contribution in [1.29, 1.82) is 0 Å². The molecule has 102 valence electrons. The van der Waals surface area contributed by atoms with Crippen molar-refractivity contribution in [3.05, 3.63) is 22.4 Å². The van der Waals surface area contributed by atoms with Crippen molar-refractivity contribution < 1.29 is 4.39 Å². The summed E-state index contributed by atoms with van der Waals surface area (Å²) in [7, 11) is 0. The van der Waals surface area contributed by atoms with Crippen molar-refractivity contribution in [1.82, 2.24) is 9.55 Å². The Morgan fingerprint density at radius 2 is 1.89 bits per heavy atom. The molecule has 1 aromatic carbocycles. The van der Waals surface area contributed by atoms with E-state index in [4.69, 9.17) is 5.73 Å². The first-order chi connectivity index (χ1) is 9.16. The fourth-order valence-electron chi connectivity index (χ4n) is 3.01. The van der Waals surface area contributed by atoms with E-state index in [9.17, 15) is 4.39 Å². The third-order valence-electron chi connectivity index (χ3n) is 3.95. The third kappa shape index (κ3) is 2.36. The molecule has 5 heteroatoms. The molecule has 3 rings (SSSR count). The second-order valence-electron chi connectivity index (χ2n) is 5.24. The number of fused-ring (bicyclic) bond motifs is 1. The normalized spacial score (nSPS) is 17.8. The highest BCUT2D eigenvalue weighted by Gasteiger charge is 2.20.